The van der Waals surface area contributed by atoms with Crippen molar-refractivity contribution in [1.82, 2.24) is 9.59 Å². The van der Waals surface area contributed by atoms with Crippen molar-refractivity contribution >= 4 is 28.8 Å². The van der Waals surface area contributed by atoms with Gasteiger partial charge in [-0.05, 0) is 47.9 Å². The lowest BCUT2D eigenvalue weighted by molar-refractivity contribution is 0.0974. The number of rotatable bonds is 3. The van der Waals surface area contributed by atoms with Crippen molar-refractivity contribution in [3.05, 3.63) is 65.2 Å². The van der Waals surface area contributed by atoms with Crippen molar-refractivity contribution < 1.29 is 9.53 Å². The SMILES string of the molecule is COc1ccc(N2C(=O)c3ccccc3N[C@H]2c2csnn2)cc1. The van der Waals surface area contributed by atoms with Gasteiger partial charge in [0.2, 0.25) is 0 Å². The zero-order chi connectivity index (χ0) is 16.5. The van der Waals surface area contributed by atoms with Gasteiger partial charge in [0, 0.05) is 16.8 Å². The Morgan fingerprint density at radius 1 is 1.17 bits per heavy atom. The van der Waals surface area contributed by atoms with Crippen LogP contribution in [0.15, 0.2) is 53.9 Å². The van der Waals surface area contributed by atoms with E-state index in [-0.39, 0.29) is 5.91 Å². The van der Waals surface area contributed by atoms with Crippen LogP contribution in [0.25, 0.3) is 0 Å². The molecule has 1 atom stereocenters. The summed E-state index contributed by atoms with van der Waals surface area (Å²) in [5.74, 6) is 0.663. The second kappa shape index (κ2) is 5.93. The van der Waals surface area contributed by atoms with E-state index in [0.29, 0.717) is 11.3 Å². The van der Waals surface area contributed by atoms with Crippen LogP contribution in [0.3, 0.4) is 0 Å². The minimum Gasteiger partial charge on any atom is -0.497 e. The third-order valence-electron chi connectivity index (χ3n) is 3.93. The fourth-order valence-corrected chi connectivity index (χ4v) is 3.23. The summed E-state index contributed by atoms with van der Waals surface area (Å²) in [6.45, 7) is 0. The van der Waals surface area contributed by atoms with E-state index in [1.807, 2.05) is 53.9 Å². The van der Waals surface area contributed by atoms with E-state index >= 15 is 0 Å². The third-order valence-corrected chi connectivity index (χ3v) is 4.46. The van der Waals surface area contributed by atoms with Gasteiger partial charge in [0.25, 0.3) is 5.91 Å². The first-order valence-corrected chi connectivity index (χ1v) is 8.22. The average Bonchev–Trinajstić information content (AvgIpc) is 3.16. The molecule has 0 aliphatic carbocycles. The molecule has 0 fully saturated rings. The molecule has 1 aromatic heterocycles. The zero-order valence-electron chi connectivity index (χ0n) is 12.8. The van der Waals surface area contributed by atoms with Gasteiger partial charge in [-0.2, -0.15) is 0 Å². The lowest BCUT2D eigenvalue weighted by Crippen LogP contribution is -2.43. The number of anilines is 2. The molecule has 0 spiro atoms. The molecule has 0 saturated carbocycles. The lowest BCUT2D eigenvalue weighted by atomic mass is 10.1. The number of benzene rings is 2. The third kappa shape index (κ3) is 2.39. The van der Waals surface area contributed by atoms with Crippen molar-refractivity contribution in [3.8, 4) is 5.75 Å². The van der Waals surface area contributed by atoms with Gasteiger partial charge in [0.1, 0.15) is 11.4 Å². The Hall–Kier alpha value is -2.93. The molecule has 0 unspecified atom stereocenters. The van der Waals surface area contributed by atoms with Crippen molar-refractivity contribution in [1.29, 1.82) is 0 Å². The van der Waals surface area contributed by atoms with Crippen molar-refractivity contribution in [2.24, 2.45) is 0 Å². The molecule has 0 bridgehead atoms. The molecule has 0 radical (unpaired) electrons. The van der Waals surface area contributed by atoms with E-state index < -0.39 is 6.17 Å². The van der Waals surface area contributed by atoms with Gasteiger partial charge in [-0.1, -0.05) is 16.6 Å². The summed E-state index contributed by atoms with van der Waals surface area (Å²) in [6, 6.07) is 14.9. The summed E-state index contributed by atoms with van der Waals surface area (Å²) in [5.41, 5.74) is 2.90. The zero-order valence-corrected chi connectivity index (χ0v) is 13.7. The van der Waals surface area contributed by atoms with E-state index in [1.54, 1.807) is 12.0 Å². The number of amides is 1. The Labute approximate surface area is 142 Å². The molecule has 3 aromatic rings. The molecule has 4 rings (SSSR count). The molecule has 2 heterocycles. The van der Waals surface area contributed by atoms with Gasteiger partial charge in [0.15, 0.2) is 6.17 Å². The van der Waals surface area contributed by atoms with Gasteiger partial charge in [-0.15, -0.1) is 5.10 Å². The van der Waals surface area contributed by atoms with E-state index in [4.69, 9.17) is 4.74 Å². The molecule has 1 aliphatic heterocycles. The number of ether oxygens (including phenoxy) is 1. The minimum atomic E-state index is -0.403. The van der Waals surface area contributed by atoms with Crippen LogP contribution in [0, 0.1) is 0 Å². The minimum absolute atomic E-state index is 0.0764. The van der Waals surface area contributed by atoms with Crippen LogP contribution in [0.2, 0.25) is 0 Å². The highest BCUT2D eigenvalue weighted by Gasteiger charge is 2.35. The van der Waals surface area contributed by atoms with Gasteiger partial charge >= 0.3 is 0 Å². The fourth-order valence-electron chi connectivity index (χ4n) is 2.76. The van der Waals surface area contributed by atoms with Gasteiger partial charge in [0.05, 0.1) is 12.7 Å². The molecular weight excluding hydrogens is 324 g/mol. The number of nitrogens with zero attached hydrogens (tertiary/aromatic N) is 3. The lowest BCUT2D eigenvalue weighted by Gasteiger charge is -2.36. The van der Waals surface area contributed by atoms with Gasteiger partial charge < -0.3 is 10.1 Å². The van der Waals surface area contributed by atoms with Gasteiger partial charge in [-0.25, -0.2) is 0 Å². The number of hydrogen-bond donors (Lipinski definition) is 1. The molecule has 0 saturated heterocycles. The van der Waals surface area contributed by atoms with Crippen LogP contribution in [-0.2, 0) is 0 Å². The average molecular weight is 338 g/mol. The molecular formula is C17H14N4O2S. The second-order valence-corrected chi connectivity index (χ2v) is 5.91. The normalized spacial score (nSPS) is 16.5. The molecule has 1 aliphatic rings. The van der Waals surface area contributed by atoms with Crippen LogP contribution >= 0.6 is 11.5 Å². The van der Waals surface area contributed by atoms with Crippen molar-refractivity contribution in [2.75, 3.05) is 17.3 Å². The summed E-state index contributed by atoms with van der Waals surface area (Å²) in [4.78, 5) is 14.8. The second-order valence-electron chi connectivity index (χ2n) is 5.30. The predicted molar refractivity (Wildman–Crippen MR) is 92.5 cm³/mol. The number of hydrogen-bond acceptors (Lipinski definition) is 6. The van der Waals surface area contributed by atoms with E-state index in [9.17, 15) is 4.79 Å². The Bertz CT molecular complexity index is 865. The van der Waals surface area contributed by atoms with Crippen molar-refractivity contribution in [3.63, 3.8) is 0 Å². The van der Waals surface area contributed by atoms with E-state index in [2.05, 4.69) is 14.9 Å². The van der Waals surface area contributed by atoms with Crippen LogP contribution in [-0.4, -0.2) is 22.6 Å². The molecule has 120 valence electrons. The number of carbonyl (C=O) groups excluding carboxylic acids is 1. The summed E-state index contributed by atoms with van der Waals surface area (Å²) in [5, 5.41) is 9.37. The highest BCUT2D eigenvalue weighted by molar-refractivity contribution is 7.03. The number of para-hydroxylation sites is 1. The summed E-state index contributed by atoms with van der Waals surface area (Å²) in [6.07, 6.45) is -0.403. The number of fused-ring (bicyclic) bond motifs is 1. The smallest absolute Gasteiger partial charge is 0.262 e. The Kier molecular flexibility index (Phi) is 3.62. The van der Waals surface area contributed by atoms with Crippen molar-refractivity contribution in [2.45, 2.75) is 6.17 Å². The number of methoxy groups -OCH3 is 1. The summed E-state index contributed by atoms with van der Waals surface area (Å²) >= 11 is 1.26. The largest absolute Gasteiger partial charge is 0.497 e. The molecule has 1 amide bonds. The Morgan fingerprint density at radius 2 is 1.96 bits per heavy atom. The molecule has 7 heteroatoms. The number of carbonyl (C=O) groups is 1. The van der Waals surface area contributed by atoms with Gasteiger partial charge in [-0.3, -0.25) is 9.69 Å². The maximum atomic E-state index is 13.1. The fraction of sp³-hybridized carbons (Fsp3) is 0.118. The summed E-state index contributed by atoms with van der Waals surface area (Å²) in [7, 11) is 1.61. The maximum absolute atomic E-state index is 13.1. The highest BCUT2D eigenvalue weighted by atomic mass is 32.1. The molecule has 24 heavy (non-hydrogen) atoms. The highest BCUT2D eigenvalue weighted by Crippen LogP contribution is 2.36. The predicted octanol–water partition coefficient (Wildman–Crippen LogP) is 3.32. The first-order valence-electron chi connectivity index (χ1n) is 7.38. The number of aromatic nitrogens is 2. The van der Waals surface area contributed by atoms with E-state index in [1.165, 1.54) is 11.5 Å². The van der Waals surface area contributed by atoms with Crippen LogP contribution in [0.5, 0.6) is 5.75 Å². The molecule has 2 aromatic carbocycles. The van der Waals surface area contributed by atoms with Crippen LogP contribution < -0.4 is 15.0 Å². The monoisotopic (exact) mass is 338 g/mol. The Balaban J connectivity index is 1.82. The Morgan fingerprint density at radius 3 is 2.67 bits per heavy atom. The maximum Gasteiger partial charge on any atom is 0.262 e. The molecule has 6 nitrogen and oxygen atoms in total. The standard InChI is InChI=1S/C17H14N4O2S/c1-23-12-8-6-11(7-9-12)21-16(15-10-24-20-19-15)18-14-5-3-2-4-13(14)17(21)22/h2-10,16,18H,1H3/t16-/m1/s1. The summed E-state index contributed by atoms with van der Waals surface area (Å²) < 4.78 is 9.13. The quantitative estimate of drug-likeness (QED) is 0.793. The first-order chi connectivity index (χ1) is 11.8. The number of nitrogens with one attached hydrogen (secondary N) is 1. The topological polar surface area (TPSA) is 67.3 Å². The van der Waals surface area contributed by atoms with Crippen LogP contribution in [0.4, 0.5) is 11.4 Å². The van der Waals surface area contributed by atoms with E-state index in [0.717, 1.165) is 17.1 Å². The molecule has 1 N–H and O–H groups in total. The van der Waals surface area contributed by atoms with Crippen LogP contribution in [0.1, 0.15) is 22.2 Å². The first kappa shape index (κ1) is 14.6.